The lowest BCUT2D eigenvalue weighted by molar-refractivity contribution is -0.117. The quantitative estimate of drug-likeness (QED) is 0.780. The van der Waals surface area contributed by atoms with Gasteiger partial charge in [0.1, 0.15) is 0 Å². The molecule has 2 atom stereocenters. The topological polar surface area (TPSA) is 55.1 Å². The molecule has 124 valence electrons. The molecule has 0 saturated heterocycles. The molecule has 3 N–H and O–H groups in total. The Labute approximate surface area is 139 Å². The van der Waals surface area contributed by atoms with Crippen LogP contribution in [0.5, 0.6) is 0 Å². The molecule has 1 aromatic carbocycles. The molecule has 0 aromatic heterocycles. The molecule has 1 fully saturated rings. The van der Waals surface area contributed by atoms with Crippen LogP contribution in [0.4, 0.5) is 14.5 Å². The molecule has 2 unspecified atom stereocenters. The van der Waals surface area contributed by atoms with E-state index in [-0.39, 0.29) is 30.3 Å². The first kappa shape index (κ1) is 19.2. The standard InChI is InChI=1S/C15H20F2N2OS.ClH/c16-15(17)21-12-7-5-11(6-8-12)19-14(20)9-10-3-1-2-4-13(10)18;/h5-8,10,13,15H,1-4,9,18H2,(H,19,20);1H. The van der Waals surface area contributed by atoms with Gasteiger partial charge in [-0.3, -0.25) is 4.79 Å². The highest BCUT2D eigenvalue weighted by Crippen LogP contribution is 2.27. The maximum atomic E-state index is 12.2. The molecule has 1 aliphatic carbocycles. The Balaban J connectivity index is 0.00000242. The van der Waals surface area contributed by atoms with Gasteiger partial charge in [-0.05, 0) is 43.0 Å². The summed E-state index contributed by atoms with van der Waals surface area (Å²) in [6.07, 6.45) is 4.68. The monoisotopic (exact) mass is 350 g/mol. The first-order chi connectivity index (χ1) is 10.0. The van der Waals surface area contributed by atoms with Gasteiger partial charge >= 0.3 is 0 Å². The summed E-state index contributed by atoms with van der Waals surface area (Å²) < 4.78 is 24.4. The van der Waals surface area contributed by atoms with Crippen LogP contribution in [0.2, 0.25) is 0 Å². The minimum absolute atomic E-state index is 0. The average molecular weight is 351 g/mol. The van der Waals surface area contributed by atoms with Crippen molar-refractivity contribution in [3.05, 3.63) is 24.3 Å². The fourth-order valence-electron chi connectivity index (χ4n) is 2.66. The third-order valence-electron chi connectivity index (χ3n) is 3.78. The molecule has 1 saturated carbocycles. The van der Waals surface area contributed by atoms with Gasteiger partial charge in [0, 0.05) is 23.0 Å². The molecular formula is C15H21ClF2N2OS. The number of anilines is 1. The molecule has 1 aromatic rings. The highest BCUT2D eigenvalue weighted by Gasteiger charge is 2.24. The molecule has 0 spiro atoms. The fourth-order valence-corrected chi connectivity index (χ4v) is 3.16. The number of nitrogens with one attached hydrogen (secondary N) is 1. The fraction of sp³-hybridized carbons (Fsp3) is 0.533. The molecule has 0 radical (unpaired) electrons. The van der Waals surface area contributed by atoms with Gasteiger partial charge in [0.2, 0.25) is 5.91 Å². The van der Waals surface area contributed by atoms with Crippen LogP contribution in [-0.4, -0.2) is 17.7 Å². The number of amides is 1. The normalized spacial score (nSPS) is 21.3. The first-order valence-electron chi connectivity index (χ1n) is 7.15. The molecule has 7 heteroatoms. The van der Waals surface area contributed by atoms with Crippen LogP contribution in [-0.2, 0) is 4.79 Å². The number of rotatable bonds is 5. The highest BCUT2D eigenvalue weighted by atomic mass is 35.5. The second kappa shape index (κ2) is 9.33. The number of halogens is 3. The predicted molar refractivity (Wildman–Crippen MR) is 88.7 cm³/mol. The van der Waals surface area contributed by atoms with E-state index in [1.165, 1.54) is 0 Å². The SMILES string of the molecule is Cl.NC1CCCCC1CC(=O)Nc1ccc(SC(F)F)cc1. The Kier molecular flexibility index (Phi) is 8.14. The number of carbonyl (C=O) groups is 1. The van der Waals surface area contributed by atoms with Crippen LogP contribution in [0.15, 0.2) is 29.2 Å². The zero-order chi connectivity index (χ0) is 15.2. The summed E-state index contributed by atoms with van der Waals surface area (Å²) in [5.41, 5.74) is 6.66. The Morgan fingerprint density at radius 2 is 1.91 bits per heavy atom. The predicted octanol–water partition coefficient (Wildman–Crippen LogP) is 4.27. The van der Waals surface area contributed by atoms with Gasteiger partial charge in [0.25, 0.3) is 5.76 Å². The molecule has 1 amide bonds. The van der Waals surface area contributed by atoms with E-state index in [4.69, 9.17) is 5.73 Å². The number of alkyl halides is 2. The minimum Gasteiger partial charge on any atom is -0.327 e. The Morgan fingerprint density at radius 1 is 1.27 bits per heavy atom. The Morgan fingerprint density at radius 3 is 2.50 bits per heavy atom. The van der Waals surface area contributed by atoms with E-state index < -0.39 is 5.76 Å². The molecule has 1 aliphatic rings. The summed E-state index contributed by atoms with van der Waals surface area (Å²) >= 11 is 0.492. The lowest BCUT2D eigenvalue weighted by atomic mass is 9.83. The number of benzene rings is 1. The van der Waals surface area contributed by atoms with Crippen LogP contribution in [0.3, 0.4) is 0 Å². The summed E-state index contributed by atoms with van der Waals surface area (Å²) in [6.45, 7) is 0. The van der Waals surface area contributed by atoms with E-state index in [9.17, 15) is 13.6 Å². The summed E-state index contributed by atoms with van der Waals surface area (Å²) in [6, 6.07) is 6.55. The maximum Gasteiger partial charge on any atom is 0.288 e. The number of carbonyl (C=O) groups excluding carboxylic acids is 1. The van der Waals surface area contributed by atoms with Gasteiger partial charge in [-0.25, -0.2) is 0 Å². The lowest BCUT2D eigenvalue weighted by Gasteiger charge is -2.27. The van der Waals surface area contributed by atoms with Gasteiger partial charge in [-0.15, -0.1) is 12.4 Å². The van der Waals surface area contributed by atoms with E-state index >= 15 is 0 Å². The van der Waals surface area contributed by atoms with E-state index in [1.54, 1.807) is 24.3 Å². The zero-order valence-corrected chi connectivity index (χ0v) is 13.8. The Hall–Kier alpha value is -0.850. The second-order valence-electron chi connectivity index (χ2n) is 5.36. The van der Waals surface area contributed by atoms with E-state index in [0.29, 0.717) is 28.8 Å². The maximum absolute atomic E-state index is 12.2. The third kappa shape index (κ3) is 6.10. The highest BCUT2D eigenvalue weighted by molar-refractivity contribution is 7.99. The molecule has 0 bridgehead atoms. The number of hydrogen-bond acceptors (Lipinski definition) is 3. The van der Waals surface area contributed by atoms with Gasteiger partial charge in [-0.1, -0.05) is 24.6 Å². The van der Waals surface area contributed by atoms with Crippen molar-refractivity contribution < 1.29 is 13.6 Å². The van der Waals surface area contributed by atoms with Crippen LogP contribution < -0.4 is 11.1 Å². The summed E-state index contributed by atoms with van der Waals surface area (Å²) in [5, 5.41) is 2.80. The van der Waals surface area contributed by atoms with Crippen molar-refractivity contribution in [2.24, 2.45) is 11.7 Å². The van der Waals surface area contributed by atoms with Crippen LogP contribution in [0.25, 0.3) is 0 Å². The van der Waals surface area contributed by atoms with Crippen molar-refractivity contribution in [3.63, 3.8) is 0 Å². The van der Waals surface area contributed by atoms with E-state index in [1.807, 2.05) is 0 Å². The lowest BCUT2D eigenvalue weighted by Crippen LogP contribution is -2.35. The Bertz CT molecular complexity index is 473. The van der Waals surface area contributed by atoms with Gasteiger partial charge in [0.05, 0.1) is 0 Å². The van der Waals surface area contributed by atoms with Crippen LogP contribution in [0.1, 0.15) is 32.1 Å². The van der Waals surface area contributed by atoms with Crippen molar-refractivity contribution in [2.75, 3.05) is 5.32 Å². The van der Waals surface area contributed by atoms with E-state index in [0.717, 1.165) is 25.7 Å². The van der Waals surface area contributed by atoms with Crippen molar-refractivity contribution in [1.82, 2.24) is 0 Å². The molecular weight excluding hydrogens is 330 g/mol. The molecule has 0 heterocycles. The van der Waals surface area contributed by atoms with Crippen molar-refractivity contribution in [2.45, 2.75) is 48.8 Å². The van der Waals surface area contributed by atoms with E-state index in [2.05, 4.69) is 5.32 Å². The zero-order valence-electron chi connectivity index (χ0n) is 12.1. The minimum atomic E-state index is -2.43. The molecule has 22 heavy (non-hydrogen) atoms. The molecule has 3 nitrogen and oxygen atoms in total. The van der Waals surface area contributed by atoms with Crippen LogP contribution in [0, 0.1) is 5.92 Å². The largest absolute Gasteiger partial charge is 0.327 e. The van der Waals surface area contributed by atoms with Crippen molar-refractivity contribution in [1.29, 1.82) is 0 Å². The average Bonchev–Trinajstić information content (AvgIpc) is 2.43. The van der Waals surface area contributed by atoms with Crippen LogP contribution >= 0.6 is 24.2 Å². The van der Waals surface area contributed by atoms with Gasteiger partial charge in [-0.2, -0.15) is 8.78 Å². The molecule has 0 aliphatic heterocycles. The van der Waals surface area contributed by atoms with Gasteiger partial charge < -0.3 is 11.1 Å². The first-order valence-corrected chi connectivity index (χ1v) is 8.03. The number of nitrogens with two attached hydrogens (primary N) is 1. The summed E-state index contributed by atoms with van der Waals surface area (Å²) in [4.78, 5) is 12.5. The summed E-state index contributed by atoms with van der Waals surface area (Å²) in [7, 11) is 0. The number of thioether (sulfide) groups is 1. The third-order valence-corrected chi connectivity index (χ3v) is 4.50. The molecule has 2 rings (SSSR count). The summed E-state index contributed by atoms with van der Waals surface area (Å²) in [5.74, 6) is -2.25. The smallest absolute Gasteiger partial charge is 0.288 e. The number of hydrogen-bond donors (Lipinski definition) is 2. The second-order valence-corrected chi connectivity index (χ2v) is 6.43. The van der Waals surface area contributed by atoms with Crippen molar-refractivity contribution in [3.8, 4) is 0 Å². The van der Waals surface area contributed by atoms with Gasteiger partial charge in [0.15, 0.2) is 0 Å². The van der Waals surface area contributed by atoms with Crippen molar-refractivity contribution >= 4 is 35.8 Å².